The van der Waals surface area contributed by atoms with Crippen molar-refractivity contribution in [1.82, 2.24) is 10.2 Å². The lowest BCUT2D eigenvalue weighted by atomic mass is 9.63. The van der Waals surface area contributed by atoms with Gasteiger partial charge in [0.2, 0.25) is 11.7 Å². The minimum absolute atomic E-state index is 0.0273. The SMILES string of the molecule is COc1ccc(NCCCCCCNC(O)CCOc2c(OC)cc([C@@H]3C4=CC5OCOC5C=C4[C@@H](OC4OC5COC(C)OC5C(O)C4O)[C@H]4COC(=O)[C@@H]43)cc2OC)c(CN(C(C)=O)C2=C(Oc3ccccc3)CCC(F)=C2)c1. The summed E-state index contributed by atoms with van der Waals surface area (Å²) in [5, 5.41) is 40.1. The Balaban J connectivity index is 0.720. The van der Waals surface area contributed by atoms with Gasteiger partial charge in [-0.05, 0) is 109 Å². The molecule has 3 aromatic rings. The average molecular weight is 1130 g/mol. The molecule has 4 heterocycles. The van der Waals surface area contributed by atoms with E-state index in [4.69, 9.17) is 56.8 Å². The molecule has 7 aliphatic rings. The lowest BCUT2D eigenvalue weighted by molar-refractivity contribution is -0.361. The van der Waals surface area contributed by atoms with Gasteiger partial charge >= 0.3 is 5.97 Å². The maximum atomic E-state index is 14.8. The highest BCUT2D eigenvalue weighted by atomic mass is 19.1. The van der Waals surface area contributed by atoms with Crippen LogP contribution in [0, 0.1) is 11.8 Å². The Kier molecular flexibility index (Phi) is 19.0. The van der Waals surface area contributed by atoms with Crippen LogP contribution >= 0.6 is 0 Å². The van der Waals surface area contributed by atoms with Crippen LogP contribution in [0.2, 0.25) is 0 Å². The molecule has 4 saturated heterocycles. The average Bonchev–Trinajstić information content (AvgIpc) is 4.32. The predicted molar refractivity (Wildman–Crippen MR) is 290 cm³/mol. The lowest BCUT2D eigenvalue weighted by Gasteiger charge is -2.48. The number of ether oxygens (including phenoxy) is 12. The number of methoxy groups -OCH3 is 3. The third kappa shape index (κ3) is 13.1. The van der Waals surface area contributed by atoms with E-state index in [9.17, 15) is 29.3 Å². The van der Waals surface area contributed by atoms with Crippen LogP contribution in [-0.4, -0.2) is 155 Å². The summed E-state index contributed by atoms with van der Waals surface area (Å²) < 4.78 is 86.5. The molecule has 0 radical (unpaired) electrons. The number of carbonyl (C=O) groups excluding carboxylic acids is 2. The number of esters is 1. The molecule has 13 atom stereocenters. The first kappa shape index (κ1) is 58.1. The van der Waals surface area contributed by atoms with Gasteiger partial charge in [-0.3, -0.25) is 14.9 Å². The van der Waals surface area contributed by atoms with Gasteiger partial charge in [-0.25, -0.2) is 4.39 Å². The van der Waals surface area contributed by atoms with Crippen LogP contribution in [0.15, 0.2) is 107 Å². The summed E-state index contributed by atoms with van der Waals surface area (Å²) in [6.45, 7) is 4.94. The highest BCUT2D eigenvalue weighted by Crippen LogP contribution is 2.56. The van der Waals surface area contributed by atoms with Crippen molar-refractivity contribution in [3.8, 4) is 28.7 Å². The topological polar surface area (TPSA) is 233 Å². The van der Waals surface area contributed by atoms with Crippen LogP contribution in [0.1, 0.15) is 75.8 Å². The van der Waals surface area contributed by atoms with Crippen molar-refractivity contribution in [2.45, 2.75) is 133 Å². The van der Waals surface area contributed by atoms with Crippen LogP contribution < -0.4 is 34.3 Å². The second-order valence-corrected chi connectivity index (χ2v) is 21.1. The van der Waals surface area contributed by atoms with Crippen LogP contribution in [-0.2, 0) is 49.3 Å². The summed E-state index contributed by atoms with van der Waals surface area (Å²) in [6.07, 6.45) is 0.844. The quantitative estimate of drug-likeness (QED) is 0.0369. The standard InChI is InChI=1S/C60H74FN3O17/c1-33(65)64(44-26-37(61)15-18-45(44)79-38-13-9-8-10-14-38)29-36-23-39(70-3)16-17-43(36)62-20-11-6-7-12-21-63-51(66)19-22-73-57-48(71-4)24-35(25-49(57)72-5)52-40-27-46-47(77-32-76-46)28-41(40)56(42-30-75-59(69)53(42)52)81-60-55(68)54(67)58-50(80-60)31-74-34(2)78-58/h8-10,13-14,16-17,23-28,34,42,46-47,50-56,58,60,62-63,66-68H,6-7,11-12,15,18-22,29-32H2,1-5H3/t34?,42-,46?,47?,50?,51?,52+,53-,54?,55?,56+,58?,60?/m0/s1. The Bertz CT molecular complexity index is 2800. The van der Waals surface area contributed by atoms with Crippen molar-refractivity contribution in [2.75, 3.05) is 66.3 Å². The van der Waals surface area contributed by atoms with Gasteiger partial charge in [0.25, 0.3) is 0 Å². The summed E-state index contributed by atoms with van der Waals surface area (Å²) in [6, 6.07) is 18.5. The zero-order valence-electron chi connectivity index (χ0n) is 46.3. The van der Waals surface area contributed by atoms with Crippen LogP contribution in [0.25, 0.3) is 0 Å². The Morgan fingerprint density at radius 1 is 0.852 bits per heavy atom. The minimum atomic E-state index is -1.47. The molecule has 9 unspecified atom stereocenters. The molecule has 3 aliphatic carbocycles. The summed E-state index contributed by atoms with van der Waals surface area (Å²) >= 11 is 0. The number of aliphatic hydroxyl groups excluding tert-OH is 3. The molecule has 3 aromatic carbocycles. The van der Waals surface area contributed by atoms with Gasteiger partial charge in [-0.1, -0.05) is 31.0 Å². The number of hydrogen-bond donors (Lipinski definition) is 5. The highest BCUT2D eigenvalue weighted by Gasteiger charge is 2.58. The van der Waals surface area contributed by atoms with Gasteiger partial charge in [-0.2, -0.15) is 0 Å². The number of nitrogens with zero attached hydrogens (tertiary/aromatic N) is 1. The third-order valence-electron chi connectivity index (χ3n) is 15.9. The maximum absolute atomic E-state index is 14.8. The molecule has 1 saturated carbocycles. The molecule has 438 valence electrons. The fourth-order valence-corrected chi connectivity index (χ4v) is 11.8. The molecule has 4 aliphatic heterocycles. The Labute approximate surface area is 470 Å². The Hall–Kier alpha value is -6.11. The number of fused-ring (bicyclic) bond motifs is 4. The molecule has 10 rings (SSSR count). The number of nitrogens with one attached hydrogen (secondary N) is 2. The largest absolute Gasteiger partial charge is 0.497 e. The van der Waals surface area contributed by atoms with Gasteiger partial charge in [0.1, 0.15) is 72.7 Å². The molecular formula is C60H74FN3O17. The first-order valence-corrected chi connectivity index (χ1v) is 27.9. The first-order chi connectivity index (χ1) is 39.3. The van der Waals surface area contributed by atoms with Gasteiger partial charge in [0.05, 0.1) is 65.4 Å². The van der Waals surface area contributed by atoms with Crippen LogP contribution in [0.4, 0.5) is 10.1 Å². The Morgan fingerprint density at radius 2 is 1.59 bits per heavy atom. The predicted octanol–water partition coefficient (Wildman–Crippen LogP) is 6.44. The summed E-state index contributed by atoms with van der Waals surface area (Å²) in [7, 11) is 4.62. The fraction of sp³-hybridized carbons (Fsp3) is 0.533. The fourth-order valence-electron chi connectivity index (χ4n) is 11.8. The minimum Gasteiger partial charge on any atom is -0.497 e. The number of rotatable bonds is 24. The van der Waals surface area contributed by atoms with Gasteiger partial charge in [0.15, 0.2) is 24.1 Å². The molecule has 0 bridgehead atoms. The number of benzene rings is 3. The molecule has 5 fully saturated rings. The molecular weight excluding hydrogens is 1050 g/mol. The number of allylic oxidation sites excluding steroid dienone is 3. The van der Waals surface area contributed by atoms with Gasteiger partial charge < -0.3 is 82.4 Å². The lowest BCUT2D eigenvalue weighted by Crippen LogP contribution is -2.63. The number of amides is 1. The van der Waals surface area contributed by atoms with E-state index < -0.39 is 85.3 Å². The summed E-state index contributed by atoms with van der Waals surface area (Å²) in [5.74, 6) is -0.0927. The van der Waals surface area contributed by atoms with Crippen molar-refractivity contribution >= 4 is 17.6 Å². The number of halogens is 1. The van der Waals surface area contributed by atoms with E-state index in [0.717, 1.165) is 42.5 Å². The van der Waals surface area contributed by atoms with E-state index >= 15 is 0 Å². The zero-order chi connectivity index (χ0) is 56.7. The van der Waals surface area contributed by atoms with Gasteiger partial charge in [0, 0.05) is 50.3 Å². The number of carbonyl (C=O) groups is 2. The number of aliphatic hydroxyl groups is 3. The van der Waals surface area contributed by atoms with E-state index in [1.54, 1.807) is 14.0 Å². The summed E-state index contributed by atoms with van der Waals surface area (Å²) in [5.41, 5.74) is 4.17. The second-order valence-electron chi connectivity index (χ2n) is 21.1. The molecule has 1 amide bonds. The third-order valence-corrected chi connectivity index (χ3v) is 15.9. The van der Waals surface area contributed by atoms with E-state index in [0.29, 0.717) is 70.9 Å². The maximum Gasteiger partial charge on any atom is 0.310 e. The molecule has 5 N–H and O–H groups in total. The molecule has 20 nitrogen and oxygen atoms in total. The molecule has 81 heavy (non-hydrogen) atoms. The van der Waals surface area contributed by atoms with Gasteiger partial charge in [-0.15, -0.1) is 0 Å². The molecule has 21 heteroatoms. The molecule has 0 spiro atoms. The van der Waals surface area contributed by atoms with Crippen molar-refractivity contribution in [3.63, 3.8) is 0 Å². The van der Waals surface area contributed by atoms with Crippen LogP contribution in [0.5, 0.6) is 28.7 Å². The van der Waals surface area contributed by atoms with E-state index in [1.807, 2.05) is 72.8 Å². The Morgan fingerprint density at radius 3 is 2.32 bits per heavy atom. The second kappa shape index (κ2) is 26.4. The number of cyclic esters (lactones) is 1. The number of anilines is 1. The van der Waals surface area contributed by atoms with Crippen molar-refractivity contribution in [1.29, 1.82) is 0 Å². The smallest absolute Gasteiger partial charge is 0.310 e. The van der Waals surface area contributed by atoms with Crippen molar-refractivity contribution in [3.05, 3.63) is 118 Å². The van der Waals surface area contributed by atoms with E-state index in [-0.39, 0.29) is 57.7 Å². The van der Waals surface area contributed by atoms with Crippen molar-refractivity contribution in [2.24, 2.45) is 11.8 Å². The number of unbranched alkanes of at least 4 members (excludes halogenated alkanes) is 3. The van der Waals surface area contributed by atoms with Crippen LogP contribution in [0.3, 0.4) is 0 Å². The monoisotopic (exact) mass is 1130 g/mol. The van der Waals surface area contributed by atoms with E-state index in [1.165, 1.54) is 32.1 Å². The number of hydrogen-bond acceptors (Lipinski definition) is 19. The number of para-hydroxylation sites is 1. The van der Waals surface area contributed by atoms with E-state index in [2.05, 4.69) is 10.6 Å². The molecule has 0 aromatic heterocycles. The van der Waals surface area contributed by atoms with Crippen molar-refractivity contribution < 1.29 is 86.1 Å². The first-order valence-electron chi connectivity index (χ1n) is 27.9. The summed E-state index contributed by atoms with van der Waals surface area (Å²) in [4.78, 5) is 28.7. The highest BCUT2D eigenvalue weighted by molar-refractivity contribution is 5.80. The normalized spacial score (nSPS) is 28.9. The zero-order valence-corrected chi connectivity index (χ0v) is 46.3.